The van der Waals surface area contributed by atoms with Crippen molar-refractivity contribution in [2.45, 2.75) is 92.5 Å². The van der Waals surface area contributed by atoms with Gasteiger partial charge in [-0.3, -0.25) is 9.97 Å². The topological polar surface area (TPSA) is 82.8 Å². The molecule has 0 N–H and O–H groups in total. The van der Waals surface area contributed by atoms with Gasteiger partial charge in [0, 0.05) is 53.8 Å². The maximum atomic E-state index is 13.5. The molecule has 0 aliphatic heterocycles. The minimum absolute atomic E-state index is 0. The number of rotatable bonds is 8. The number of pyridine rings is 3. The van der Waals surface area contributed by atoms with Gasteiger partial charge in [0.1, 0.15) is 11.3 Å². The van der Waals surface area contributed by atoms with E-state index in [4.69, 9.17) is 23.8 Å². The van der Waals surface area contributed by atoms with Gasteiger partial charge in [0.25, 0.3) is 0 Å². The van der Waals surface area contributed by atoms with Gasteiger partial charge < -0.3 is 18.4 Å². The third-order valence-electron chi connectivity index (χ3n) is 13.0. The zero-order valence-corrected chi connectivity index (χ0v) is 44.8. The average molecular weight is 1140 g/mol. The molecule has 1 radical (unpaired) electrons. The summed E-state index contributed by atoms with van der Waals surface area (Å²) in [6, 6.07) is 41.6. The Morgan fingerprint density at radius 2 is 1.35 bits per heavy atom. The fourth-order valence-corrected chi connectivity index (χ4v) is 11.3. The third kappa shape index (κ3) is 9.11. The van der Waals surface area contributed by atoms with Crippen LogP contribution in [-0.2, 0) is 32.7 Å². The average Bonchev–Trinajstić information content (AvgIpc) is 4.02. The Morgan fingerprint density at radius 1 is 0.690 bits per heavy atom. The molecule has 6 aromatic heterocycles. The van der Waals surface area contributed by atoms with Crippen molar-refractivity contribution in [3.05, 3.63) is 156 Å². The Labute approximate surface area is 425 Å². The largest absolute Gasteiger partial charge is 0.501 e. The molecule has 363 valence electrons. The second-order valence-corrected chi connectivity index (χ2v) is 25.4. The minimum atomic E-state index is -4.59. The van der Waals surface area contributed by atoms with Gasteiger partial charge in [0.05, 0.1) is 41.6 Å². The fourth-order valence-electron chi connectivity index (χ4n) is 9.74. The van der Waals surface area contributed by atoms with E-state index in [-0.39, 0.29) is 37.7 Å². The zero-order chi connectivity index (χ0) is 49.4. The van der Waals surface area contributed by atoms with Crippen molar-refractivity contribution in [2.75, 3.05) is 0 Å². The van der Waals surface area contributed by atoms with Crippen LogP contribution in [0.2, 0.25) is 19.6 Å². The molecule has 0 unspecified atom stereocenters. The van der Waals surface area contributed by atoms with E-state index in [1.807, 2.05) is 43.3 Å². The number of halogens is 3. The normalized spacial score (nSPS) is 12.3. The summed E-state index contributed by atoms with van der Waals surface area (Å²) in [5.41, 5.74) is 11.6. The van der Waals surface area contributed by atoms with E-state index in [9.17, 15) is 13.2 Å². The summed E-state index contributed by atoms with van der Waals surface area (Å²) in [6.45, 7) is 22.3. The molecule has 0 spiro atoms. The summed E-state index contributed by atoms with van der Waals surface area (Å²) in [5, 5.41) is 5.84. The third-order valence-corrected chi connectivity index (χ3v) is 15.1. The van der Waals surface area contributed by atoms with E-state index in [0.717, 1.165) is 90.1 Å². The van der Waals surface area contributed by atoms with E-state index in [0.29, 0.717) is 33.7 Å². The molecule has 6 heterocycles. The summed E-state index contributed by atoms with van der Waals surface area (Å²) < 4.78 is 55.0. The van der Waals surface area contributed by atoms with Gasteiger partial charge in [-0.05, 0) is 83.4 Å². The molecule has 0 saturated carbocycles. The monoisotopic (exact) mass is 1140 g/mol. The number of alkyl halides is 3. The van der Waals surface area contributed by atoms with Crippen LogP contribution in [0.25, 0.3) is 94.3 Å². The Kier molecular flexibility index (Phi) is 13.2. The number of para-hydroxylation sites is 2. The molecule has 0 atom stereocenters. The van der Waals surface area contributed by atoms with Gasteiger partial charge in [0.2, 0.25) is 5.71 Å². The first kappa shape index (κ1) is 49.5. The number of imidazole rings is 1. The predicted molar refractivity (Wildman–Crippen MR) is 281 cm³/mol. The van der Waals surface area contributed by atoms with E-state index < -0.39 is 19.9 Å². The first-order valence-corrected chi connectivity index (χ1v) is 27.4. The standard InChI is InChI=1S/C35H28F3N4O.C24H26NOSi.Ir/c1-18(2)22-8-6-9-23(19(3)4)30(22)42-31-27(16-14-21-13-12-20(5)39-29(21)31)40-33(42)26-11-7-10-24-25-15-17-28(35(36,37)38)41-34(25)43-32(24)26;1-16(2)13-17-14-21(25-15-23(17)27(3,4)5)20-11-8-10-19-18-9-6-7-12-22(18)26-24(19)20;/h6-10,12-19H,1-5H3;6-10,12,14-16H,13H2,1-5H3;/q2*-1;. The van der Waals surface area contributed by atoms with Gasteiger partial charge in [-0.1, -0.05) is 143 Å². The zero-order valence-electron chi connectivity index (χ0n) is 41.4. The number of nitrogens with zero attached hydrogens (tertiary/aromatic N) is 5. The fraction of sp³-hybridized carbons (Fsp3) is 0.254. The summed E-state index contributed by atoms with van der Waals surface area (Å²) in [6.07, 6.45) is -1.41. The molecule has 0 saturated heterocycles. The van der Waals surface area contributed by atoms with Gasteiger partial charge in [-0.25, -0.2) is 4.98 Å². The molecule has 71 heavy (non-hydrogen) atoms. The Hall–Kier alpha value is -6.46. The van der Waals surface area contributed by atoms with Gasteiger partial charge >= 0.3 is 6.18 Å². The molecule has 11 rings (SSSR count). The molecular weight excluding hydrogens is 1090 g/mol. The van der Waals surface area contributed by atoms with Crippen LogP contribution in [0.1, 0.15) is 81.5 Å². The van der Waals surface area contributed by atoms with Gasteiger partial charge in [0.15, 0.2) is 0 Å². The molecule has 0 bridgehead atoms. The summed E-state index contributed by atoms with van der Waals surface area (Å²) in [7, 11) is -1.44. The van der Waals surface area contributed by atoms with Crippen molar-refractivity contribution in [1.82, 2.24) is 24.5 Å². The Balaban J connectivity index is 0.000000192. The van der Waals surface area contributed by atoms with E-state index in [1.54, 1.807) is 12.1 Å². The van der Waals surface area contributed by atoms with Crippen LogP contribution in [-0.4, -0.2) is 32.6 Å². The van der Waals surface area contributed by atoms with Gasteiger partial charge in [-0.15, -0.1) is 36.4 Å². The first-order chi connectivity index (χ1) is 33.4. The quantitative estimate of drug-likeness (QED) is 0.111. The number of fused-ring (bicyclic) bond motifs is 9. The van der Waals surface area contributed by atoms with Crippen LogP contribution in [0.4, 0.5) is 13.2 Å². The molecular formula is C59H54F3IrN5O2Si-2. The van der Waals surface area contributed by atoms with Crippen molar-refractivity contribution in [2.24, 2.45) is 5.92 Å². The number of aromatic nitrogens is 5. The summed E-state index contributed by atoms with van der Waals surface area (Å²) >= 11 is 0. The van der Waals surface area contributed by atoms with E-state index in [2.05, 4.69) is 138 Å². The van der Waals surface area contributed by atoms with Crippen LogP contribution < -0.4 is 5.19 Å². The smallest absolute Gasteiger partial charge is 0.433 e. The maximum Gasteiger partial charge on any atom is 0.433 e. The van der Waals surface area contributed by atoms with Crippen molar-refractivity contribution in [3.63, 3.8) is 0 Å². The molecule has 0 fully saturated rings. The van der Waals surface area contributed by atoms with E-state index >= 15 is 0 Å². The molecule has 12 heteroatoms. The Morgan fingerprint density at radius 3 is 2.03 bits per heavy atom. The van der Waals surface area contributed by atoms with Crippen molar-refractivity contribution in [3.8, 4) is 28.3 Å². The van der Waals surface area contributed by atoms with Crippen LogP contribution >= 0.6 is 0 Å². The second kappa shape index (κ2) is 18.9. The number of benzene rings is 5. The molecule has 7 nitrogen and oxygen atoms in total. The number of furan rings is 2. The number of aryl methyl sites for hydroxylation is 1. The van der Waals surface area contributed by atoms with E-state index in [1.165, 1.54) is 16.8 Å². The molecule has 0 aliphatic rings. The Bertz CT molecular complexity index is 3780. The van der Waals surface area contributed by atoms with Crippen molar-refractivity contribution < 1.29 is 42.1 Å². The predicted octanol–water partition coefficient (Wildman–Crippen LogP) is 16.1. The minimum Gasteiger partial charge on any atom is -0.501 e. The SMILES string of the molecule is CC(C)Cc1cc(-c2[c-]ccc3c2oc2ccccc23)ncc1[Si](C)(C)C.Cc1ccc2ccc3nc(-c4[c-]ccc5c4oc4nc(C(F)(F)F)ccc45)n(-c4c(C(C)C)cccc4C(C)C)c3c2n1.[Ir]. The molecule has 0 aliphatic carbocycles. The summed E-state index contributed by atoms with van der Waals surface area (Å²) in [5.74, 6) is 1.57. The number of hydrogen-bond acceptors (Lipinski definition) is 6. The maximum absolute atomic E-state index is 13.5. The van der Waals surface area contributed by atoms with Crippen molar-refractivity contribution >= 4 is 79.2 Å². The second-order valence-electron chi connectivity index (χ2n) is 20.3. The van der Waals surface area contributed by atoms with Crippen molar-refractivity contribution in [1.29, 1.82) is 0 Å². The molecule has 0 amide bonds. The van der Waals surface area contributed by atoms with Crippen LogP contribution in [0.15, 0.2) is 124 Å². The molecule has 11 aromatic rings. The number of hydrogen-bond donors (Lipinski definition) is 0. The van der Waals surface area contributed by atoms with Crippen LogP contribution in [0.3, 0.4) is 0 Å². The van der Waals surface area contributed by atoms with Crippen LogP contribution in [0.5, 0.6) is 0 Å². The van der Waals surface area contributed by atoms with Gasteiger partial charge in [-0.2, -0.15) is 13.2 Å². The summed E-state index contributed by atoms with van der Waals surface area (Å²) in [4.78, 5) is 18.8. The first-order valence-electron chi connectivity index (χ1n) is 23.9. The van der Waals surface area contributed by atoms with Crippen LogP contribution in [0, 0.1) is 25.0 Å². The molecule has 5 aromatic carbocycles.